The molecule has 2 N–H and O–H groups in total. The van der Waals surface area contributed by atoms with Crippen LogP contribution in [-0.2, 0) is 5.60 Å². The Morgan fingerprint density at radius 3 is 2.83 bits per heavy atom. The average molecular weight is 247 g/mol. The van der Waals surface area contributed by atoms with Gasteiger partial charge < -0.3 is 14.8 Å². The van der Waals surface area contributed by atoms with E-state index < -0.39 is 5.60 Å². The summed E-state index contributed by atoms with van der Waals surface area (Å²) in [5.74, 6) is 0.621. The van der Waals surface area contributed by atoms with Crippen molar-refractivity contribution in [3.05, 3.63) is 35.6 Å². The minimum Gasteiger partial charge on any atom is -0.458 e. The molecule has 0 fully saturated rings. The summed E-state index contributed by atoms with van der Waals surface area (Å²) in [4.78, 5) is 0. The Balaban J connectivity index is 2.27. The van der Waals surface area contributed by atoms with Gasteiger partial charge in [0.1, 0.15) is 16.9 Å². The van der Waals surface area contributed by atoms with Gasteiger partial charge in [-0.05, 0) is 38.4 Å². The maximum atomic E-state index is 10.4. The first kappa shape index (κ1) is 13.1. The Bertz CT molecular complexity index is 528. The number of benzene rings is 1. The summed E-state index contributed by atoms with van der Waals surface area (Å²) in [5, 5.41) is 14.7. The number of para-hydroxylation sites is 1. The van der Waals surface area contributed by atoms with Crippen LogP contribution in [0.15, 0.2) is 28.7 Å². The van der Waals surface area contributed by atoms with E-state index in [2.05, 4.69) is 12.2 Å². The van der Waals surface area contributed by atoms with E-state index in [1.54, 1.807) is 6.92 Å². The molecular weight excluding hydrogens is 226 g/mol. The molecule has 2 rings (SSSR count). The van der Waals surface area contributed by atoms with Gasteiger partial charge in [0.05, 0.1) is 0 Å². The third kappa shape index (κ3) is 2.57. The molecule has 1 aromatic carbocycles. The molecule has 1 heterocycles. The van der Waals surface area contributed by atoms with Gasteiger partial charge in [-0.2, -0.15) is 0 Å². The van der Waals surface area contributed by atoms with Crippen LogP contribution in [0.1, 0.15) is 31.6 Å². The first-order chi connectivity index (χ1) is 8.54. The maximum Gasteiger partial charge on any atom is 0.137 e. The molecule has 0 aliphatic heterocycles. The van der Waals surface area contributed by atoms with Crippen molar-refractivity contribution in [2.75, 3.05) is 13.1 Å². The summed E-state index contributed by atoms with van der Waals surface area (Å²) >= 11 is 0. The zero-order valence-electron chi connectivity index (χ0n) is 11.3. The summed E-state index contributed by atoms with van der Waals surface area (Å²) in [6, 6.07) is 7.95. The SMILES string of the molecule is CCCNCC(C)(O)c1cc2cccc(C)c2o1. The molecule has 2 aromatic rings. The monoisotopic (exact) mass is 247 g/mol. The Hall–Kier alpha value is -1.32. The number of hydrogen-bond donors (Lipinski definition) is 2. The number of rotatable bonds is 5. The molecule has 1 atom stereocenters. The summed E-state index contributed by atoms with van der Waals surface area (Å²) < 4.78 is 5.80. The van der Waals surface area contributed by atoms with Gasteiger partial charge >= 0.3 is 0 Å². The van der Waals surface area contributed by atoms with E-state index in [-0.39, 0.29) is 0 Å². The van der Waals surface area contributed by atoms with Gasteiger partial charge in [-0.3, -0.25) is 0 Å². The molecule has 0 amide bonds. The van der Waals surface area contributed by atoms with Gasteiger partial charge in [-0.25, -0.2) is 0 Å². The van der Waals surface area contributed by atoms with E-state index in [4.69, 9.17) is 4.42 Å². The van der Waals surface area contributed by atoms with Crippen molar-refractivity contribution in [1.29, 1.82) is 0 Å². The minimum atomic E-state index is -0.972. The number of fused-ring (bicyclic) bond motifs is 1. The van der Waals surface area contributed by atoms with Crippen LogP contribution < -0.4 is 5.32 Å². The third-order valence-corrected chi connectivity index (χ3v) is 3.17. The summed E-state index contributed by atoms with van der Waals surface area (Å²) in [6.45, 7) is 7.30. The van der Waals surface area contributed by atoms with E-state index in [0.717, 1.165) is 29.5 Å². The van der Waals surface area contributed by atoms with Crippen LogP contribution in [0.4, 0.5) is 0 Å². The van der Waals surface area contributed by atoms with Gasteiger partial charge in [0, 0.05) is 11.9 Å². The lowest BCUT2D eigenvalue weighted by molar-refractivity contribution is 0.0361. The van der Waals surface area contributed by atoms with Gasteiger partial charge in [0.25, 0.3) is 0 Å². The predicted octanol–water partition coefficient (Wildman–Crippen LogP) is 2.95. The molecule has 0 saturated heterocycles. The molecule has 0 aliphatic carbocycles. The molecule has 1 aromatic heterocycles. The van der Waals surface area contributed by atoms with Crippen molar-refractivity contribution >= 4 is 11.0 Å². The van der Waals surface area contributed by atoms with Crippen LogP contribution in [0, 0.1) is 6.92 Å². The molecule has 0 radical (unpaired) electrons. The van der Waals surface area contributed by atoms with Crippen molar-refractivity contribution in [2.24, 2.45) is 0 Å². The van der Waals surface area contributed by atoms with Gasteiger partial charge in [0.15, 0.2) is 0 Å². The molecule has 0 saturated carbocycles. The Morgan fingerprint density at radius 1 is 1.39 bits per heavy atom. The second-order valence-electron chi connectivity index (χ2n) is 5.05. The van der Waals surface area contributed by atoms with Crippen molar-refractivity contribution in [3.8, 4) is 0 Å². The van der Waals surface area contributed by atoms with Crippen LogP contribution in [0.5, 0.6) is 0 Å². The molecule has 3 nitrogen and oxygen atoms in total. The number of aliphatic hydroxyl groups is 1. The number of aryl methyl sites for hydroxylation is 1. The topological polar surface area (TPSA) is 45.4 Å². The average Bonchev–Trinajstić information content (AvgIpc) is 2.75. The van der Waals surface area contributed by atoms with E-state index in [0.29, 0.717) is 12.3 Å². The highest BCUT2D eigenvalue weighted by Gasteiger charge is 2.27. The molecule has 0 spiro atoms. The predicted molar refractivity (Wildman–Crippen MR) is 73.7 cm³/mol. The molecule has 98 valence electrons. The lowest BCUT2D eigenvalue weighted by Gasteiger charge is -2.21. The lowest BCUT2D eigenvalue weighted by atomic mass is 10.0. The van der Waals surface area contributed by atoms with E-state index in [1.165, 1.54) is 0 Å². The van der Waals surface area contributed by atoms with Crippen LogP contribution >= 0.6 is 0 Å². The standard InChI is InChI=1S/C15H21NO2/c1-4-8-16-10-15(3,17)13-9-12-7-5-6-11(2)14(12)18-13/h5-7,9,16-17H,4,8,10H2,1-3H3. The number of nitrogens with one attached hydrogen (secondary N) is 1. The highest BCUT2D eigenvalue weighted by Crippen LogP contribution is 2.29. The second-order valence-corrected chi connectivity index (χ2v) is 5.05. The summed E-state index contributed by atoms with van der Waals surface area (Å²) in [6.07, 6.45) is 1.05. The fourth-order valence-electron chi connectivity index (χ4n) is 2.07. The van der Waals surface area contributed by atoms with Gasteiger partial charge in [-0.15, -0.1) is 0 Å². The van der Waals surface area contributed by atoms with Crippen molar-refractivity contribution in [3.63, 3.8) is 0 Å². The fourth-order valence-corrected chi connectivity index (χ4v) is 2.07. The smallest absolute Gasteiger partial charge is 0.137 e. The summed E-state index contributed by atoms with van der Waals surface area (Å²) in [7, 11) is 0. The number of hydrogen-bond acceptors (Lipinski definition) is 3. The van der Waals surface area contributed by atoms with E-state index >= 15 is 0 Å². The van der Waals surface area contributed by atoms with Crippen LogP contribution in [-0.4, -0.2) is 18.2 Å². The highest BCUT2D eigenvalue weighted by molar-refractivity contribution is 5.81. The van der Waals surface area contributed by atoms with Crippen LogP contribution in [0.25, 0.3) is 11.0 Å². The van der Waals surface area contributed by atoms with E-state index in [1.807, 2.05) is 31.2 Å². The highest BCUT2D eigenvalue weighted by atomic mass is 16.4. The van der Waals surface area contributed by atoms with Crippen molar-refractivity contribution in [2.45, 2.75) is 32.8 Å². The Labute approximate surface area is 108 Å². The Morgan fingerprint density at radius 2 is 2.17 bits per heavy atom. The van der Waals surface area contributed by atoms with Gasteiger partial charge in [0.2, 0.25) is 0 Å². The normalized spacial score (nSPS) is 14.9. The number of furan rings is 1. The first-order valence-corrected chi connectivity index (χ1v) is 6.47. The van der Waals surface area contributed by atoms with Crippen molar-refractivity contribution in [1.82, 2.24) is 5.32 Å². The largest absolute Gasteiger partial charge is 0.458 e. The fraction of sp³-hybridized carbons (Fsp3) is 0.467. The van der Waals surface area contributed by atoms with Crippen molar-refractivity contribution < 1.29 is 9.52 Å². The molecule has 18 heavy (non-hydrogen) atoms. The quantitative estimate of drug-likeness (QED) is 0.798. The maximum absolute atomic E-state index is 10.4. The lowest BCUT2D eigenvalue weighted by Crippen LogP contribution is -2.35. The van der Waals surface area contributed by atoms with Crippen LogP contribution in [0.3, 0.4) is 0 Å². The van der Waals surface area contributed by atoms with E-state index in [9.17, 15) is 5.11 Å². The van der Waals surface area contributed by atoms with Gasteiger partial charge in [-0.1, -0.05) is 25.1 Å². The third-order valence-electron chi connectivity index (χ3n) is 3.17. The zero-order valence-corrected chi connectivity index (χ0v) is 11.3. The Kier molecular flexibility index (Phi) is 3.73. The first-order valence-electron chi connectivity index (χ1n) is 6.47. The molecule has 3 heteroatoms. The molecule has 0 aliphatic rings. The zero-order chi connectivity index (χ0) is 13.2. The molecular formula is C15H21NO2. The minimum absolute atomic E-state index is 0.500. The molecule has 0 bridgehead atoms. The molecule has 1 unspecified atom stereocenters. The second kappa shape index (κ2) is 5.12. The van der Waals surface area contributed by atoms with Crippen LogP contribution in [0.2, 0.25) is 0 Å². The summed E-state index contributed by atoms with van der Waals surface area (Å²) in [5.41, 5.74) is 0.986.